The van der Waals surface area contributed by atoms with Gasteiger partial charge in [-0.25, -0.2) is 4.98 Å². The van der Waals surface area contributed by atoms with Crippen LogP contribution in [-0.4, -0.2) is 49.7 Å². The summed E-state index contributed by atoms with van der Waals surface area (Å²) in [5.41, 5.74) is 0.110. The Morgan fingerprint density at radius 3 is 2.76 bits per heavy atom. The second-order valence-corrected chi connectivity index (χ2v) is 6.02. The number of benzene rings is 1. The van der Waals surface area contributed by atoms with Crippen molar-refractivity contribution < 1.29 is 14.7 Å². The van der Waals surface area contributed by atoms with Gasteiger partial charge in [0, 0.05) is 12.7 Å². The van der Waals surface area contributed by atoms with Crippen LogP contribution in [0, 0.1) is 0 Å². The zero-order valence-corrected chi connectivity index (χ0v) is 13.8. The summed E-state index contributed by atoms with van der Waals surface area (Å²) in [4.78, 5) is 29.6. The fourth-order valence-electron chi connectivity index (χ4n) is 2.88. The summed E-state index contributed by atoms with van der Waals surface area (Å²) in [6.07, 6.45) is 2.67. The number of hydrogen-bond acceptors (Lipinski definition) is 5. The van der Waals surface area contributed by atoms with E-state index in [0.717, 1.165) is 0 Å². The summed E-state index contributed by atoms with van der Waals surface area (Å²) < 4.78 is 1.50. The van der Waals surface area contributed by atoms with Gasteiger partial charge in [0.15, 0.2) is 11.4 Å². The summed E-state index contributed by atoms with van der Waals surface area (Å²) in [6, 6.07) is 7.10. The number of anilines is 1. The third-order valence-electron chi connectivity index (χ3n) is 4.19. The van der Waals surface area contributed by atoms with Crippen LogP contribution >= 0.6 is 0 Å². The van der Waals surface area contributed by atoms with Crippen molar-refractivity contribution >= 4 is 17.5 Å². The van der Waals surface area contributed by atoms with Crippen molar-refractivity contribution in [2.75, 3.05) is 18.4 Å². The highest BCUT2D eigenvalue weighted by molar-refractivity contribution is 5.99. The van der Waals surface area contributed by atoms with Gasteiger partial charge in [0.05, 0.1) is 19.5 Å². The Morgan fingerprint density at radius 2 is 2.12 bits per heavy atom. The van der Waals surface area contributed by atoms with Crippen molar-refractivity contribution in [3.05, 3.63) is 54.6 Å². The highest BCUT2D eigenvalue weighted by atomic mass is 16.3. The fourth-order valence-corrected chi connectivity index (χ4v) is 2.88. The molecule has 0 spiro atoms. The van der Waals surface area contributed by atoms with E-state index in [2.05, 4.69) is 22.0 Å². The van der Waals surface area contributed by atoms with Gasteiger partial charge in [0.25, 0.3) is 0 Å². The molecule has 8 nitrogen and oxygen atoms in total. The van der Waals surface area contributed by atoms with Gasteiger partial charge >= 0.3 is 0 Å². The molecule has 0 aliphatic carbocycles. The third kappa shape index (κ3) is 3.29. The standard InChI is InChI=1S/C17H19N5O3/c1-3-14(23)20-13-7-5-4-6-12(13)8-15(24)22-9-17(25,10-22)16-18-11-19-21(16)2/h3-7,11,25H,1,8-10H2,2H3,(H,20,23). The van der Waals surface area contributed by atoms with Gasteiger partial charge in [-0.15, -0.1) is 0 Å². The number of carbonyl (C=O) groups excluding carboxylic acids is 2. The predicted octanol–water partition coefficient (Wildman–Crippen LogP) is 0.212. The number of likely N-dealkylation sites (tertiary alicyclic amines) is 1. The van der Waals surface area contributed by atoms with Gasteiger partial charge < -0.3 is 15.3 Å². The molecule has 0 radical (unpaired) electrons. The van der Waals surface area contributed by atoms with Crippen molar-refractivity contribution in [2.45, 2.75) is 12.0 Å². The lowest BCUT2D eigenvalue weighted by Crippen LogP contribution is -2.62. The Labute approximate surface area is 144 Å². The molecular weight excluding hydrogens is 322 g/mol. The van der Waals surface area contributed by atoms with E-state index in [9.17, 15) is 14.7 Å². The molecule has 1 aromatic carbocycles. The number of nitrogens with one attached hydrogen (secondary N) is 1. The quantitative estimate of drug-likeness (QED) is 0.758. The topological polar surface area (TPSA) is 100 Å². The van der Waals surface area contributed by atoms with E-state index < -0.39 is 5.60 Å². The van der Waals surface area contributed by atoms with E-state index >= 15 is 0 Å². The summed E-state index contributed by atoms with van der Waals surface area (Å²) in [5.74, 6) is -0.0251. The van der Waals surface area contributed by atoms with E-state index in [4.69, 9.17) is 0 Å². The van der Waals surface area contributed by atoms with Gasteiger partial charge in [-0.1, -0.05) is 24.8 Å². The maximum absolute atomic E-state index is 12.5. The summed E-state index contributed by atoms with van der Waals surface area (Å²) in [5, 5.41) is 17.2. The largest absolute Gasteiger partial charge is 0.378 e. The molecule has 1 aliphatic rings. The zero-order valence-electron chi connectivity index (χ0n) is 13.8. The molecule has 1 aromatic heterocycles. The number of aliphatic hydroxyl groups is 1. The van der Waals surface area contributed by atoms with Crippen LogP contribution in [0.2, 0.25) is 0 Å². The minimum atomic E-state index is -1.17. The molecule has 0 atom stereocenters. The average Bonchev–Trinajstić information content (AvgIpc) is 3.00. The van der Waals surface area contributed by atoms with Gasteiger partial charge in [-0.2, -0.15) is 5.10 Å². The van der Waals surface area contributed by atoms with Crippen molar-refractivity contribution in [3.63, 3.8) is 0 Å². The second kappa shape index (κ2) is 6.48. The highest BCUT2D eigenvalue weighted by Crippen LogP contribution is 2.31. The minimum absolute atomic E-state index is 0.127. The number of rotatable bonds is 5. The maximum Gasteiger partial charge on any atom is 0.247 e. The summed E-state index contributed by atoms with van der Waals surface area (Å²) in [7, 11) is 1.70. The Balaban J connectivity index is 1.66. The van der Waals surface area contributed by atoms with Crippen LogP contribution < -0.4 is 5.32 Å². The van der Waals surface area contributed by atoms with E-state index in [1.807, 2.05) is 0 Å². The molecular formula is C17H19N5O3. The number of hydrogen-bond donors (Lipinski definition) is 2. The molecule has 8 heteroatoms. The molecule has 1 fully saturated rings. The van der Waals surface area contributed by atoms with E-state index in [1.165, 1.54) is 17.1 Å². The molecule has 3 rings (SSSR count). The molecule has 1 aliphatic heterocycles. The summed E-state index contributed by atoms with van der Waals surface area (Å²) >= 11 is 0. The van der Waals surface area contributed by atoms with Gasteiger partial charge in [-0.05, 0) is 17.7 Å². The first-order valence-corrected chi connectivity index (χ1v) is 7.79. The fraction of sp³-hybridized carbons (Fsp3) is 0.294. The predicted molar refractivity (Wildman–Crippen MR) is 90.5 cm³/mol. The van der Waals surface area contributed by atoms with Gasteiger partial charge in [-0.3, -0.25) is 14.3 Å². The van der Waals surface area contributed by atoms with Crippen molar-refractivity contribution in [2.24, 2.45) is 7.05 Å². The van der Waals surface area contributed by atoms with Crippen LogP contribution in [0.3, 0.4) is 0 Å². The number of aromatic nitrogens is 3. The second-order valence-electron chi connectivity index (χ2n) is 6.02. The highest BCUT2D eigenvalue weighted by Gasteiger charge is 2.47. The normalized spacial score (nSPS) is 15.4. The first-order valence-electron chi connectivity index (χ1n) is 7.79. The SMILES string of the molecule is C=CC(=O)Nc1ccccc1CC(=O)N1CC(O)(c2ncnn2C)C1. The first kappa shape index (κ1) is 16.8. The number of aryl methyl sites for hydroxylation is 1. The molecule has 1 saturated heterocycles. The number of amides is 2. The Morgan fingerprint density at radius 1 is 1.40 bits per heavy atom. The van der Waals surface area contributed by atoms with Crippen molar-refractivity contribution in [1.29, 1.82) is 0 Å². The van der Waals surface area contributed by atoms with Crippen LogP contribution in [-0.2, 0) is 28.7 Å². The molecule has 0 unspecified atom stereocenters. The van der Waals surface area contributed by atoms with Gasteiger partial charge in [0.1, 0.15) is 6.33 Å². The zero-order chi connectivity index (χ0) is 18.0. The van der Waals surface area contributed by atoms with E-state index in [0.29, 0.717) is 17.1 Å². The number of carbonyl (C=O) groups is 2. The molecule has 2 heterocycles. The number of para-hydroxylation sites is 1. The lowest BCUT2D eigenvalue weighted by molar-refractivity contribution is -0.158. The smallest absolute Gasteiger partial charge is 0.247 e. The maximum atomic E-state index is 12.5. The summed E-state index contributed by atoms with van der Waals surface area (Å²) in [6.45, 7) is 3.75. The van der Waals surface area contributed by atoms with Crippen LogP contribution in [0.5, 0.6) is 0 Å². The van der Waals surface area contributed by atoms with Crippen LogP contribution in [0.4, 0.5) is 5.69 Å². The van der Waals surface area contributed by atoms with Crippen LogP contribution in [0.1, 0.15) is 11.4 Å². The molecule has 130 valence electrons. The minimum Gasteiger partial charge on any atom is -0.378 e. The molecule has 25 heavy (non-hydrogen) atoms. The molecule has 2 N–H and O–H groups in total. The van der Waals surface area contributed by atoms with Crippen LogP contribution in [0.15, 0.2) is 43.2 Å². The lowest BCUT2D eigenvalue weighted by Gasteiger charge is -2.45. The van der Waals surface area contributed by atoms with Crippen molar-refractivity contribution in [1.82, 2.24) is 19.7 Å². The molecule has 2 aromatic rings. The van der Waals surface area contributed by atoms with Crippen LogP contribution in [0.25, 0.3) is 0 Å². The molecule has 0 bridgehead atoms. The van der Waals surface area contributed by atoms with E-state index in [-0.39, 0.29) is 31.3 Å². The Kier molecular flexibility index (Phi) is 4.37. The Bertz CT molecular complexity index is 823. The average molecular weight is 341 g/mol. The molecule has 0 saturated carbocycles. The third-order valence-corrected chi connectivity index (χ3v) is 4.19. The number of β-amino-alcohol motifs (C(OH)–C–C–N with tert-alkyl or cyclic N) is 1. The monoisotopic (exact) mass is 341 g/mol. The lowest BCUT2D eigenvalue weighted by atomic mass is 9.92. The molecule has 2 amide bonds. The number of nitrogens with zero attached hydrogens (tertiary/aromatic N) is 4. The van der Waals surface area contributed by atoms with Crippen molar-refractivity contribution in [3.8, 4) is 0 Å². The first-order chi connectivity index (χ1) is 11.9. The van der Waals surface area contributed by atoms with E-state index in [1.54, 1.807) is 36.2 Å². The Hall–Kier alpha value is -3.00. The van der Waals surface area contributed by atoms with Gasteiger partial charge in [0.2, 0.25) is 11.8 Å².